The number of amides is 2. The third-order valence-corrected chi connectivity index (χ3v) is 6.30. The number of rotatable bonds is 6. The molecule has 1 aliphatic carbocycles. The Morgan fingerprint density at radius 1 is 1.05 bits per heavy atom. The van der Waals surface area contributed by atoms with Crippen molar-refractivity contribution in [3.05, 3.63) is 46.6 Å². The molecule has 0 radical (unpaired) electrons. The molecule has 1 aromatic heterocycles. The number of alkyl halides is 3. The fraction of sp³-hybridized carbons (Fsp3) is 0.519. The van der Waals surface area contributed by atoms with Gasteiger partial charge in [-0.15, -0.1) is 0 Å². The zero-order chi connectivity index (χ0) is 27.5. The molecule has 1 unspecified atom stereocenters. The molecule has 202 valence electrons. The minimum Gasteiger partial charge on any atom is -0.479 e. The second kappa shape index (κ2) is 11.1. The topological polar surface area (TPSA) is 101 Å². The summed E-state index contributed by atoms with van der Waals surface area (Å²) in [5.74, 6) is -1.10. The van der Waals surface area contributed by atoms with Gasteiger partial charge in [0.1, 0.15) is 5.82 Å². The van der Waals surface area contributed by atoms with E-state index in [2.05, 4.69) is 15.6 Å². The molecule has 0 bridgehead atoms. The lowest BCUT2D eigenvalue weighted by Gasteiger charge is -2.29. The molecule has 1 fully saturated rings. The van der Waals surface area contributed by atoms with E-state index in [4.69, 9.17) is 4.74 Å². The lowest BCUT2D eigenvalue weighted by atomic mass is 9.90. The summed E-state index contributed by atoms with van der Waals surface area (Å²) >= 11 is 0. The Balaban J connectivity index is 2.10. The van der Waals surface area contributed by atoms with Crippen molar-refractivity contribution in [1.82, 2.24) is 10.3 Å². The number of aryl methyl sites for hydroxylation is 1. The molecule has 1 saturated carbocycles. The highest BCUT2D eigenvalue weighted by Gasteiger charge is 2.34. The van der Waals surface area contributed by atoms with E-state index >= 15 is 0 Å². The fourth-order valence-corrected chi connectivity index (χ4v) is 4.62. The molecule has 7 nitrogen and oxygen atoms in total. The van der Waals surface area contributed by atoms with Crippen molar-refractivity contribution in [1.29, 1.82) is 0 Å². The van der Waals surface area contributed by atoms with Gasteiger partial charge in [0.2, 0.25) is 0 Å². The summed E-state index contributed by atoms with van der Waals surface area (Å²) in [6.07, 6.45) is -0.979. The number of nitrogens with one attached hydrogen (secondary N) is 2. The van der Waals surface area contributed by atoms with Crippen molar-refractivity contribution in [2.75, 3.05) is 5.32 Å². The van der Waals surface area contributed by atoms with Crippen LogP contribution in [-0.2, 0) is 15.7 Å². The van der Waals surface area contributed by atoms with Gasteiger partial charge in [0.05, 0.1) is 11.2 Å². The molecule has 10 heteroatoms. The summed E-state index contributed by atoms with van der Waals surface area (Å²) in [6.45, 7) is 8.37. The summed E-state index contributed by atoms with van der Waals surface area (Å²) in [5.41, 5.74) is -0.0378. The number of ether oxygens (including phenoxy) is 1. The van der Waals surface area contributed by atoms with Crippen LogP contribution in [0.25, 0.3) is 11.1 Å². The summed E-state index contributed by atoms with van der Waals surface area (Å²) in [6, 6.07) is 4.06. The zero-order valence-electron chi connectivity index (χ0n) is 21.8. The SMILES string of the molecule is Cc1nc(NC(=O)NC2CCCCC2)c(C)c(C(OC(C)(C)C)C(=O)O)c1-c1ccc(C(F)(F)F)cc1. The number of anilines is 1. The highest BCUT2D eigenvalue weighted by atomic mass is 19.4. The summed E-state index contributed by atoms with van der Waals surface area (Å²) in [4.78, 5) is 29.7. The average molecular weight is 522 g/mol. The van der Waals surface area contributed by atoms with Crippen LogP contribution in [0.1, 0.15) is 81.4 Å². The second-order valence-electron chi connectivity index (χ2n) is 10.4. The second-order valence-corrected chi connectivity index (χ2v) is 10.4. The van der Waals surface area contributed by atoms with E-state index in [1.165, 1.54) is 12.1 Å². The maximum absolute atomic E-state index is 13.2. The molecule has 3 rings (SSSR count). The van der Waals surface area contributed by atoms with Crippen molar-refractivity contribution < 1.29 is 32.6 Å². The minimum absolute atomic E-state index is 0.0528. The molecule has 1 heterocycles. The molecule has 0 aliphatic heterocycles. The third kappa shape index (κ3) is 7.21. The Bertz CT molecular complexity index is 1140. The number of urea groups is 1. The number of halogens is 3. The van der Waals surface area contributed by atoms with E-state index in [0.717, 1.165) is 44.2 Å². The van der Waals surface area contributed by atoms with Crippen LogP contribution in [0.15, 0.2) is 24.3 Å². The number of hydrogen-bond donors (Lipinski definition) is 3. The quantitative estimate of drug-likeness (QED) is 0.389. The first kappa shape index (κ1) is 28.4. The van der Waals surface area contributed by atoms with Gasteiger partial charge in [0.15, 0.2) is 6.10 Å². The Morgan fingerprint density at radius 2 is 1.65 bits per heavy atom. The lowest BCUT2D eigenvalue weighted by Crippen LogP contribution is -2.39. The van der Waals surface area contributed by atoms with Crippen LogP contribution in [0.3, 0.4) is 0 Å². The predicted molar refractivity (Wildman–Crippen MR) is 134 cm³/mol. The molecule has 37 heavy (non-hydrogen) atoms. The first-order valence-electron chi connectivity index (χ1n) is 12.3. The first-order chi connectivity index (χ1) is 17.2. The smallest absolute Gasteiger partial charge is 0.416 e. The third-order valence-electron chi connectivity index (χ3n) is 6.30. The number of carboxylic acid groups (broad SMARTS) is 1. The maximum atomic E-state index is 13.2. The molecule has 2 aromatic rings. The average Bonchev–Trinajstić information content (AvgIpc) is 2.79. The van der Waals surface area contributed by atoms with Crippen LogP contribution in [0, 0.1) is 13.8 Å². The number of nitrogens with zero attached hydrogens (tertiary/aromatic N) is 1. The first-order valence-corrected chi connectivity index (χ1v) is 12.3. The molecule has 2 amide bonds. The molecule has 1 atom stereocenters. The van der Waals surface area contributed by atoms with Gasteiger partial charge in [-0.3, -0.25) is 5.32 Å². The van der Waals surface area contributed by atoms with E-state index in [1.54, 1.807) is 34.6 Å². The van der Waals surface area contributed by atoms with E-state index in [9.17, 15) is 27.9 Å². The van der Waals surface area contributed by atoms with E-state index < -0.39 is 35.4 Å². The zero-order valence-corrected chi connectivity index (χ0v) is 21.8. The monoisotopic (exact) mass is 521 g/mol. The van der Waals surface area contributed by atoms with Gasteiger partial charge in [-0.05, 0) is 70.7 Å². The van der Waals surface area contributed by atoms with Crippen LogP contribution in [0.4, 0.5) is 23.8 Å². The number of carboxylic acids is 1. The Labute approximate surface area is 214 Å². The molecular formula is C27H34F3N3O4. The molecule has 3 N–H and O–H groups in total. The van der Waals surface area contributed by atoms with E-state index in [-0.39, 0.29) is 17.4 Å². The number of aromatic nitrogens is 1. The van der Waals surface area contributed by atoms with Crippen LogP contribution in [-0.4, -0.2) is 33.7 Å². The fourth-order valence-electron chi connectivity index (χ4n) is 4.62. The largest absolute Gasteiger partial charge is 0.479 e. The standard InChI is InChI=1S/C27H34F3N3O4/c1-15-20(22(24(34)35)37-26(3,4)5)21(17-11-13-18(14-12-17)27(28,29)30)16(2)31-23(15)33-25(36)32-19-9-7-6-8-10-19/h11-14,19,22H,6-10H2,1-5H3,(H,34,35)(H2,31,32,33,36). The highest BCUT2D eigenvalue weighted by Crippen LogP contribution is 2.40. The Hall–Kier alpha value is -3.14. The lowest BCUT2D eigenvalue weighted by molar-refractivity contribution is -0.160. The summed E-state index contributed by atoms with van der Waals surface area (Å²) < 4.78 is 45.4. The van der Waals surface area contributed by atoms with Gasteiger partial charge in [-0.2, -0.15) is 13.2 Å². The molecule has 1 aliphatic rings. The number of benzene rings is 1. The van der Waals surface area contributed by atoms with Crippen molar-refractivity contribution in [3.63, 3.8) is 0 Å². The number of hydrogen-bond acceptors (Lipinski definition) is 4. The Morgan fingerprint density at radius 3 is 2.16 bits per heavy atom. The normalized spacial score (nSPS) is 15.8. The van der Waals surface area contributed by atoms with Gasteiger partial charge < -0.3 is 15.2 Å². The van der Waals surface area contributed by atoms with Crippen LogP contribution in [0.2, 0.25) is 0 Å². The van der Waals surface area contributed by atoms with Crippen molar-refractivity contribution >= 4 is 17.8 Å². The predicted octanol–water partition coefficient (Wildman–Crippen LogP) is 6.78. The van der Waals surface area contributed by atoms with Crippen molar-refractivity contribution in [3.8, 4) is 11.1 Å². The summed E-state index contributed by atoms with van der Waals surface area (Å²) in [5, 5.41) is 15.8. The van der Waals surface area contributed by atoms with Crippen LogP contribution >= 0.6 is 0 Å². The van der Waals surface area contributed by atoms with Crippen molar-refractivity contribution in [2.45, 2.75) is 90.6 Å². The number of pyridine rings is 1. The van der Waals surface area contributed by atoms with Crippen molar-refractivity contribution in [2.24, 2.45) is 0 Å². The van der Waals surface area contributed by atoms with Gasteiger partial charge in [-0.1, -0.05) is 31.4 Å². The highest BCUT2D eigenvalue weighted by molar-refractivity contribution is 5.91. The number of aliphatic carboxylic acids is 1. The minimum atomic E-state index is -4.51. The molecule has 0 spiro atoms. The van der Waals surface area contributed by atoms with E-state index in [0.29, 0.717) is 22.4 Å². The Kier molecular flexibility index (Phi) is 8.52. The van der Waals surface area contributed by atoms with Gasteiger partial charge in [0, 0.05) is 22.9 Å². The number of carbonyl (C=O) groups is 2. The molecular weight excluding hydrogens is 487 g/mol. The van der Waals surface area contributed by atoms with Gasteiger partial charge >= 0.3 is 18.2 Å². The summed E-state index contributed by atoms with van der Waals surface area (Å²) in [7, 11) is 0. The van der Waals surface area contributed by atoms with Crippen LogP contribution in [0.5, 0.6) is 0 Å². The number of carbonyl (C=O) groups excluding carboxylic acids is 1. The molecule has 0 saturated heterocycles. The molecule has 1 aromatic carbocycles. The van der Waals surface area contributed by atoms with Gasteiger partial charge in [0.25, 0.3) is 0 Å². The van der Waals surface area contributed by atoms with Crippen LogP contribution < -0.4 is 10.6 Å². The maximum Gasteiger partial charge on any atom is 0.416 e. The van der Waals surface area contributed by atoms with Gasteiger partial charge in [-0.25, -0.2) is 14.6 Å². The van der Waals surface area contributed by atoms with E-state index in [1.807, 2.05) is 0 Å².